The van der Waals surface area contributed by atoms with Gasteiger partial charge < -0.3 is 10.6 Å². The van der Waals surface area contributed by atoms with Crippen LogP contribution >= 0.6 is 12.4 Å². The van der Waals surface area contributed by atoms with Crippen LogP contribution in [0.3, 0.4) is 0 Å². The molecule has 1 aromatic carbocycles. The maximum Gasteiger partial charge on any atom is 0.251 e. The van der Waals surface area contributed by atoms with Crippen molar-refractivity contribution in [2.24, 2.45) is 0 Å². The number of amides is 1. The molecule has 4 heteroatoms. The molecule has 1 saturated heterocycles. The zero-order chi connectivity index (χ0) is 12.3. The van der Waals surface area contributed by atoms with E-state index in [9.17, 15) is 4.79 Å². The highest BCUT2D eigenvalue weighted by Crippen LogP contribution is 2.10. The van der Waals surface area contributed by atoms with Crippen LogP contribution in [0.15, 0.2) is 18.2 Å². The van der Waals surface area contributed by atoms with Gasteiger partial charge in [0.25, 0.3) is 5.91 Å². The highest BCUT2D eigenvalue weighted by atomic mass is 35.5. The molecule has 1 amide bonds. The van der Waals surface area contributed by atoms with Crippen LogP contribution in [0.25, 0.3) is 0 Å². The van der Waals surface area contributed by atoms with Crippen molar-refractivity contribution in [1.29, 1.82) is 0 Å². The minimum Gasteiger partial charge on any atom is -0.349 e. The van der Waals surface area contributed by atoms with E-state index in [1.54, 1.807) is 0 Å². The third-order valence-corrected chi connectivity index (χ3v) is 3.16. The van der Waals surface area contributed by atoms with E-state index in [4.69, 9.17) is 0 Å². The molecule has 100 valence electrons. The maximum atomic E-state index is 12.1. The summed E-state index contributed by atoms with van der Waals surface area (Å²) in [5.74, 6) is 0.0590. The first-order chi connectivity index (χ1) is 8.15. The molecule has 1 aliphatic rings. The van der Waals surface area contributed by atoms with Crippen LogP contribution in [0.4, 0.5) is 0 Å². The van der Waals surface area contributed by atoms with E-state index in [1.807, 2.05) is 26.0 Å². The first kappa shape index (κ1) is 15.0. The second kappa shape index (κ2) is 6.76. The number of halogens is 1. The highest BCUT2D eigenvalue weighted by Gasteiger charge is 2.16. The Morgan fingerprint density at radius 2 is 1.72 bits per heavy atom. The van der Waals surface area contributed by atoms with E-state index in [0.717, 1.165) is 42.6 Å². The van der Waals surface area contributed by atoms with Crippen LogP contribution in [0, 0.1) is 13.8 Å². The van der Waals surface area contributed by atoms with Crippen molar-refractivity contribution >= 4 is 18.3 Å². The van der Waals surface area contributed by atoms with E-state index < -0.39 is 0 Å². The summed E-state index contributed by atoms with van der Waals surface area (Å²) < 4.78 is 0. The van der Waals surface area contributed by atoms with E-state index in [0.29, 0.717) is 6.04 Å². The Morgan fingerprint density at radius 3 is 2.28 bits per heavy atom. The fraction of sp³-hybridized carbons (Fsp3) is 0.500. The molecule has 1 fully saturated rings. The molecule has 0 unspecified atom stereocenters. The SMILES string of the molecule is Cc1cc(C)cc(C(=O)NC2CCNCC2)c1.Cl. The normalized spacial score (nSPS) is 15.9. The van der Waals surface area contributed by atoms with Crippen molar-refractivity contribution in [1.82, 2.24) is 10.6 Å². The van der Waals surface area contributed by atoms with Crippen LogP contribution in [-0.4, -0.2) is 25.0 Å². The second-order valence-electron chi connectivity index (χ2n) is 4.87. The number of carbonyl (C=O) groups is 1. The standard InChI is InChI=1S/C14H20N2O.ClH/c1-10-7-11(2)9-12(8-10)14(17)16-13-3-5-15-6-4-13;/h7-9,13,15H,3-6H2,1-2H3,(H,16,17);1H. The van der Waals surface area contributed by atoms with Gasteiger partial charge in [-0.05, 0) is 51.9 Å². The number of aryl methyl sites for hydroxylation is 2. The molecule has 0 radical (unpaired) electrons. The number of nitrogens with one attached hydrogen (secondary N) is 2. The molecule has 2 rings (SSSR count). The van der Waals surface area contributed by atoms with E-state index >= 15 is 0 Å². The fourth-order valence-electron chi connectivity index (χ4n) is 2.34. The van der Waals surface area contributed by atoms with E-state index in [2.05, 4.69) is 16.7 Å². The Hall–Kier alpha value is -1.06. The molecule has 1 heterocycles. The number of rotatable bonds is 2. The molecule has 0 aromatic heterocycles. The molecule has 1 aliphatic heterocycles. The quantitative estimate of drug-likeness (QED) is 0.864. The van der Waals surface area contributed by atoms with Gasteiger partial charge >= 0.3 is 0 Å². The molecule has 0 atom stereocenters. The minimum atomic E-state index is 0. The Kier molecular flexibility index (Phi) is 5.63. The largest absolute Gasteiger partial charge is 0.349 e. The lowest BCUT2D eigenvalue weighted by Crippen LogP contribution is -2.42. The topological polar surface area (TPSA) is 41.1 Å². The Labute approximate surface area is 115 Å². The van der Waals surface area contributed by atoms with Gasteiger partial charge in [-0.15, -0.1) is 12.4 Å². The molecule has 2 N–H and O–H groups in total. The molecule has 0 bridgehead atoms. The van der Waals surface area contributed by atoms with Gasteiger partial charge in [-0.2, -0.15) is 0 Å². The fourth-order valence-corrected chi connectivity index (χ4v) is 2.34. The van der Waals surface area contributed by atoms with Crippen LogP contribution < -0.4 is 10.6 Å². The average Bonchev–Trinajstić information content (AvgIpc) is 2.29. The zero-order valence-electron chi connectivity index (χ0n) is 11.0. The first-order valence-corrected chi connectivity index (χ1v) is 6.25. The van der Waals surface area contributed by atoms with Gasteiger partial charge in [0.05, 0.1) is 0 Å². The van der Waals surface area contributed by atoms with E-state index in [-0.39, 0.29) is 18.3 Å². The second-order valence-corrected chi connectivity index (χ2v) is 4.87. The van der Waals surface area contributed by atoms with E-state index in [1.165, 1.54) is 0 Å². The summed E-state index contributed by atoms with van der Waals surface area (Å²) in [4.78, 5) is 12.1. The Bertz CT molecular complexity index is 394. The van der Waals surface area contributed by atoms with Crippen molar-refractivity contribution in [3.63, 3.8) is 0 Å². The third kappa shape index (κ3) is 4.00. The molecule has 3 nitrogen and oxygen atoms in total. The summed E-state index contributed by atoms with van der Waals surface area (Å²) in [5, 5.41) is 6.41. The van der Waals surface area contributed by atoms with Gasteiger partial charge in [-0.3, -0.25) is 4.79 Å². The summed E-state index contributed by atoms with van der Waals surface area (Å²) in [5.41, 5.74) is 3.06. The van der Waals surface area contributed by atoms with Crippen molar-refractivity contribution in [2.45, 2.75) is 32.7 Å². The molecular weight excluding hydrogens is 248 g/mol. The third-order valence-electron chi connectivity index (χ3n) is 3.16. The highest BCUT2D eigenvalue weighted by molar-refractivity contribution is 5.94. The predicted octanol–water partition coefficient (Wildman–Crippen LogP) is 2.21. The van der Waals surface area contributed by atoms with Gasteiger partial charge in [0.1, 0.15) is 0 Å². The number of piperidine rings is 1. The molecule has 0 spiro atoms. The zero-order valence-corrected chi connectivity index (χ0v) is 11.8. The monoisotopic (exact) mass is 268 g/mol. The van der Waals surface area contributed by atoms with Crippen molar-refractivity contribution < 1.29 is 4.79 Å². The van der Waals surface area contributed by atoms with Gasteiger partial charge in [0, 0.05) is 11.6 Å². The Morgan fingerprint density at radius 1 is 1.17 bits per heavy atom. The number of carbonyl (C=O) groups excluding carboxylic acids is 1. The average molecular weight is 269 g/mol. The van der Waals surface area contributed by atoms with Gasteiger partial charge in [-0.25, -0.2) is 0 Å². The molecule has 18 heavy (non-hydrogen) atoms. The van der Waals surface area contributed by atoms with Gasteiger partial charge in [-0.1, -0.05) is 17.2 Å². The van der Waals surface area contributed by atoms with Gasteiger partial charge in [0.15, 0.2) is 0 Å². The van der Waals surface area contributed by atoms with Crippen molar-refractivity contribution in [3.05, 3.63) is 34.9 Å². The lowest BCUT2D eigenvalue weighted by atomic mass is 10.0. The summed E-state index contributed by atoms with van der Waals surface area (Å²) in [6.45, 7) is 6.04. The minimum absolute atomic E-state index is 0. The lowest BCUT2D eigenvalue weighted by molar-refractivity contribution is 0.0929. The summed E-state index contributed by atoms with van der Waals surface area (Å²) in [6, 6.07) is 6.30. The Balaban J connectivity index is 0.00000162. The number of hydrogen-bond acceptors (Lipinski definition) is 2. The molecule has 1 aromatic rings. The smallest absolute Gasteiger partial charge is 0.251 e. The van der Waals surface area contributed by atoms with Crippen LogP contribution in [0.1, 0.15) is 34.3 Å². The van der Waals surface area contributed by atoms with Gasteiger partial charge in [0.2, 0.25) is 0 Å². The van der Waals surface area contributed by atoms with Crippen molar-refractivity contribution in [3.8, 4) is 0 Å². The number of benzene rings is 1. The maximum absolute atomic E-state index is 12.1. The first-order valence-electron chi connectivity index (χ1n) is 6.25. The summed E-state index contributed by atoms with van der Waals surface area (Å²) in [7, 11) is 0. The molecule has 0 saturated carbocycles. The van der Waals surface area contributed by atoms with Crippen LogP contribution in [0.2, 0.25) is 0 Å². The van der Waals surface area contributed by atoms with Crippen LogP contribution in [0.5, 0.6) is 0 Å². The van der Waals surface area contributed by atoms with Crippen molar-refractivity contribution in [2.75, 3.05) is 13.1 Å². The summed E-state index contributed by atoms with van der Waals surface area (Å²) in [6.07, 6.45) is 2.05. The number of hydrogen-bond donors (Lipinski definition) is 2. The predicted molar refractivity (Wildman–Crippen MR) is 76.5 cm³/mol. The summed E-state index contributed by atoms with van der Waals surface area (Å²) >= 11 is 0. The molecule has 0 aliphatic carbocycles. The van der Waals surface area contributed by atoms with Crippen LogP contribution in [-0.2, 0) is 0 Å². The molecular formula is C14H21ClN2O. The lowest BCUT2D eigenvalue weighted by Gasteiger charge is -2.23.